The largest absolute Gasteiger partial charge is 0.339 e. The maximum absolute atomic E-state index is 13.1. The number of hydrogen-bond acceptors (Lipinski definition) is 2. The first-order valence-corrected chi connectivity index (χ1v) is 6.84. The van der Waals surface area contributed by atoms with Crippen LogP contribution in [0.3, 0.4) is 0 Å². The third kappa shape index (κ3) is 4.06. The Bertz CT molecular complexity index is 596. The number of amides is 2. The molecule has 2 rings (SSSR count). The summed E-state index contributed by atoms with van der Waals surface area (Å²) in [5, 5.41) is 0. The summed E-state index contributed by atoms with van der Waals surface area (Å²) in [4.78, 5) is 27.1. The van der Waals surface area contributed by atoms with Crippen LogP contribution in [0.5, 0.6) is 0 Å². The molecule has 0 saturated carbocycles. The number of benzene rings is 1. The van der Waals surface area contributed by atoms with Crippen molar-refractivity contribution in [2.45, 2.75) is 13.3 Å². The number of halogens is 1. The molecule has 1 aromatic rings. The Balaban J connectivity index is 1.88. The van der Waals surface area contributed by atoms with Crippen LogP contribution in [-0.2, 0) is 16.0 Å². The first-order chi connectivity index (χ1) is 10.1. The molecule has 0 unspecified atom stereocenters. The van der Waals surface area contributed by atoms with Crippen LogP contribution in [0.15, 0.2) is 24.3 Å². The number of carbonyl (C=O) groups excluding carboxylic acids is 2. The third-order valence-electron chi connectivity index (χ3n) is 3.40. The highest BCUT2D eigenvalue weighted by Gasteiger charge is 2.23. The van der Waals surface area contributed by atoms with E-state index < -0.39 is 0 Å². The van der Waals surface area contributed by atoms with Gasteiger partial charge in [-0.3, -0.25) is 9.59 Å². The van der Waals surface area contributed by atoms with Gasteiger partial charge in [0.2, 0.25) is 5.91 Å². The number of carbonyl (C=O) groups is 2. The van der Waals surface area contributed by atoms with Gasteiger partial charge in [-0.2, -0.15) is 0 Å². The summed E-state index contributed by atoms with van der Waals surface area (Å²) in [5.74, 6) is 4.49. The fourth-order valence-corrected chi connectivity index (χ4v) is 2.28. The lowest BCUT2D eigenvalue weighted by molar-refractivity contribution is -0.136. The van der Waals surface area contributed by atoms with E-state index in [2.05, 4.69) is 11.8 Å². The molecule has 1 saturated heterocycles. The highest BCUT2D eigenvalue weighted by molar-refractivity contribution is 5.93. The molecule has 0 spiro atoms. The number of piperazine rings is 1. The first-order valence-electron chi connectivity index (χ1n) is 6.84. The minimum absolute atomic E-state index is 0.0470. The molecule has 5 heteroatoms. The Morgan fingerprint density at radius 2 is 1.86 bits per heavy atom. The highest BCUT2D eigenvalue weighted by Crippen LogP contribution is 2.08. The van der Waals surface area contributed by atoms with Crippen molar-refractivity contribution in [2.24, 2.45) is 0 Å². The van der Waals surface area contributed by atoms with Gasteiger partial charge in [0.25, 0.3) is 5.91 Å². The van der Waals surface area contributed by atoms with Crippen molar-refractivity contribution in [3.05, 3.63) is 35.6 Å². The highest BCUT2D eigenvalue weighted by atomic mass is 19.1. The van der Waals surface area contributed by atoms with E-state index in [0.717, 1.165) is 0 Å². The van der Waals surface area contributed by atoms with Crippen molar-refractivity contribution in [1.29, 1.82) is 0 Å². The van der Waals surface area contributed by atoms with E-state index >= 15 is 0 Å². The van der Waals surface area contributed by atoms with Gasteiger partial charge >= 0.3 is 0 Å². The van der Waals surface area contributed by atoms with Crippen LogP contribution in [0.25, 0.3) is 0 Å². The van der Waals surface area contributed by atoms with Crippen LogP contribution in [0.4, 0.5) is 4.39 Å². The van der Waals surface area contributed by atoms with Gasteiger partial charge in [-0.05, 0) is 30.5 Å². The average molecular weight is 288 g/mol. The Hall–Kier alpha value is -2.35. The van der Waals surface area contributed by atoms with E-state index in [9.17, 15) is 14.0 Å². The lowest BCUT2D eigenvalue weighted by Gasteiger charge is -2.33. The van der Waals surface area contributed by atoms with Crippen LogP contribution in [0, 0.1) is 17.7 Å². The maximum atomic E-state index is 13.1. The zero-order valence-electron chi connectivity index (χ0n) is 11.9. The molecule has 0 atom stereocenters. The predicted octanol–water partition coefficient (Wildman–Crippen LogP) is 1.06. The molecule has 2 amide bonds. The molecule has 0 bridgehead atoms. The molecule has 21 heavy (non-hydrogen) atoms. The normalized spacial score (nSPS) is 14.4. The zero-order chi connectivity index (χ0) is 15.2. The molecule has 0 aromatic heterocycles. The second-order valence-electron chi connectivity index (χ2n) is 4.85. The van der Waals surface area contributed by atoms with Crippen LogP contribution >= 0.6 is 0 Å². The van der Waals surface area contributed by atoms with E-state index in [4.69, 9.17) is 0 Å². The number of nitrogens with zero attached hydrogens (tertiary/aromatic N) is 2. The Labute approximate surface area is 123 Å². The minimum Gasteiger partial charge on any atom is -0.339 e. The predicted molar refractivity (Wildman–Crippen MR) is 76.7 cm³/mol. The van der Waals surface area contributed by atoms with E-state index in [-0.39, 0.29) is 24.1 Å². The maximum Gasteiger partial charge on any atom is 0.298 e. The quantitative estimate of drug-likeness (QED) is 0.764. The van der Waals surface area contributed by atoms with Gasteiger partial charge in [-0.25, -0.2) is 4.39 Å². The number of rotatable bonds is 2. The van der Waals surface area contributed by atoms with Gasteiger partial charge in [0, 0.05) is 26.2 Å². The van der Waals surface area contributed by atoms with Crippen molar-refractivity contribution >= 4 is 11.8 Å². The van der Waals surface area contributed by atoms with Crippen molar-refractivity contribution in [3.8, 4) is 11.8 Å². The summed E-state index contributed by atoms with van der Waals surface area (Å²) in [6, 6.07) is 6.05. The molecule has 4 nitrogen and oxygen atoms in total. The third-order valence-corrected chi connectivity index (χ3v) is 3.40. The summed E-state index contributed by atoms with van der Waals surface area (Å²) in [6.45, 7) is 3.58. The zero-order valence-corrected chi connectivity index (χ0v) is 11.9. The molecule has 1 aliphatic heterocycles. The summed E-state index contributed by atoms with van der Waals surface area (Å²) in [7, 11) is 0. The fraction of sp³-hybridized carbons (Fsp3) is 0.375. The molecular formula is C16H17FN2O2. The lowest BCUT2D eigenvalue weighted by atomic mass is 10.1. The molecule has 0 N–H and O–H groups in total. The molecule has 0 radical (unpaired) electrons. The minimum atomic E-state index is -0.339. The van der Waals surface area contributed by atoms with Crippen molar-refractivity contribution in [3.63, 3.8) is 0 Å². The molecule has 1 fully saturated rings. The van der Waals surface area contributed by atoms with Crippen molar-refractivity contribution in [1.82, 2.24) is 9.80 Å². The molecule has 110 valence electrons. The monoisotopic (exact) mass is 288 g/mol. The smallest absolute Gasteiger partial charge is 0.298 e. The van der Waals surface area contributed by atoms with Crippen molar-refractivity contribution in [2.75, 3.05) is 26.2 Å². The van der Waals surface area contributed by atoms with Crippen LogP contribution in [0.2, 0.25) is 0 Å². The topological polar surface area (TPSA) is 40.6 Å². The van der Waals surface area contributed by atoms with Crippen molar-refractivity contribution < 1.29 is 14.0 Å². The van der Waals surface area contributed by atoms with Gasteiger partial charge in [0.15, 0.2) is 0 Å². The first kappa shape index (κ1) is 15.0. The SMILES string of the molecule is CC#CC(=O)N1CCN(C(=O)Cc2cccc(F)c2)CC1. The molecule has 1 aliphatic rings. The Kier molecular flexibility index (Phi) is 4.94. The summed E-state index contributed by atoms with van der Waals surface area (Å²) in [6.07, 6.45) is 0.181. The molecule has 0 aliphatic carbocycles. The summed E-state index contributed by atoms with van der Waals surface area (Å²) in [5.41, 5.74) is 0.662. The summed E-state index contributed by atoms with van der Waals surface area (Å²) < 4.78 is 13.1. The second-order valence-corrected chi connectivity index (χ2v) is 4.85. The van der Waals surface area contributed by atoms with Gasteiger partial charge in [0.1, 0.15) is 5.82 Å². The molecule has 1 aromatic carbocycles. The van der Waals surface area contributed by atoms with Crippen LogP contribution < -0.4 is 0 Å². The average Bonchev–Trinajstić information content (AvgIpc) is 2.47. The Morgan fingerprint density at radius 3 is 2.48 bits per heavy atom. The fourth-order valence-electron chi connectivity index (χ4n) is 2.28. The summed E-state index contributed by atoms with van der Waals surface area (Å²) >= 11 is 0. The molecule has 1 heterocycles. The van der Waals surface area contributed by atoms with E-state index in [1.807, 2.05) is 0 Å². The Morgan fingerprint density at radius 1 is 1.19 bits per heavy atom. The van der Waals surface area contributed by atoms with Gasteiger partial charge < -0.3 is 9.80 Å². The van der Waals surface area contributed by atoms with Gasteiger partial charge in [-0.1, -0.05) is 18.1 Å². The van der Waals surface area contributed by atoms with Crippen LogP contribution in [-0.4, -0.2) is 47.8 Å². The molecular weight excluding hydrogens is 271 g/mol. The van der Waals surface area contributed by atoms with Crippen LogP contribution in [0.1, 0.15) is 12.5 Å². The van der Waals surface area contributed by atoms with E-state index in [1.165, 1.54) is 12.1 Å². The second kappa shape index (κ2) is 6.89. The van der Waals surface area contributed by atoms with E-state index in [0.29, 0.717) is 31.7 Å². The van der Waals surface area contributed by atoms with Gasteiger partial charge in [-0.15, -0.1) is 0 Å². The number of hydrogen-bond donors (Lipinski definition) is 0. The standard InChI is InChI=1S/C16H17FN2O2/c1-2-4-15(20)18-7-9-19(10-8-18)16(21)12-13-5-3-6-14(17)11-13/h3,5-6,11H,7-10,12H2,1H3. The van der Waals surface area contributed by atoms with E-state index in [1.54, 1.807) is 28.9 Å². The van der Waals surface area contributed by atoms with Gasteiger partial charge in [0.05, 0.1) is 6.42 Å². The lowest BCUT2D eigenvalue weighted by Crippen LogP contribution is -2.50.